The fourth-order valence-electron chi connectivity index (χ4n) is 2.66. The van der Waals surface area contributed by atoms with Crippen molar-refractivity contribution in [3.63, 3.8) is 0 Å². The lowest BCUT2D eigenvalue weighted by Crippen LogP contribution is -2.50. The van der Waals surface area contributed by atoms with Crippen molar-refractivity contribution >= 4 is 18.3 Å². The Kier molecular flexibility index (Phi) is 6.64. The van der Waals surface area contributed by atoms with Gasteiger partial charge in [-0.25, -0.2) is 0 Å². The minimum absolute atomic E-state index is 0. The molecule has 0 bridgehead atoms. The summed E-state index contributed by atoms with van der Waals surface area (Å²) in [5.74, 6) is 0.314. The normalized spacial score (nSPS) is 19.1. The SMILES string of the molecule is Cl.O=C(NCc1cccc(CN2CCOCC2)c1)C1CNC1. The summed E-state index contributed by atoms with van der Waals surface area (Å²) in [7, 11) is 0. The van der Waals surface area contributed by atoms with Crippen LogP contribution in [-0.4, -0.2) is 50.2 Å². The van der Waals surface area contributed by atoms with Gasteiger partial charge in [-0.3, -0.25) is 9.69 Å². The summed E-state index contributed by atoms with van der Waals surface area (Å²) in [4.78, 5) is 14.2. The lowest BCUT2D eigenvalue weighted by Gasteiger charge is -2.27. The van der Waals surface area contributed by atoms with E-state index >= 15 is 0 Å². The van der Waals surface area contributed by atoms with Gasteiger partial charge in [0.15, 0.2) is 0 Å². The molecule has 0 aliphatic carbocycles. The van der Waals surface area contributed by atoms with Crippen LogP contribution in [0.15, 0.2) is 24.3 Å². The summed E-state index contributed by atoms with van der Waals surface area (Å²) < 4.78 is 5.37. The third-order valence-electron chi connectivity index (χ3n) is 4.12. The number of rotatable bonds is 5. The molecule has 5 nitrogen and oxygen atoms in total. The van der Waals surface area contributed by atoms with Gasteiger partial charge in [0.1, 0.15) is 0 Å². The molecule has 2 fully saturated rings. The summed E-state index contributed by atoms with van der Waals surface area (Å²) in [6, 6.07) is 8.48. The van der Waals surface area contributed by atoms with Crippen LogP contribution >= 0.6 is 12.4 Å². The van der Waals surface area contributed by atoms with Crippen molar-refractivity contribution in [2.45, 2.75) is 13.1 Å². The highest BCUT2D eigenvalue weighted by atomic mass is 35.5. The molecule has 0 aromatic heterocycles. The fraction of sp³-hybridized carbons (Fsp3) is 0.562. The van der Waals surface area contributed by atoms with Crippen molar-refractivity contribution < 1.29 is 9.53 Å². The first kappa shape index (κ1) is 17.2. The maximum Gasteiger partial charge on any atom is 0.225 e. The Hall–Kier alpha value is -1.14. The van der Waals surface area contributed by atoms with Gasteiger partial charge in [0, 0.05) is 39.3 Å². The molecular formula is C16H24ClN3O2. The number of ether oxygens (including phenoxy) is 1. The molecule has 2 N–H and O–H groups in total. The van der Waals surface area contributed by atoms with Crippen molar-refractivity contribution in [1.82, 2.24) is 15.5 Å². The number of amides is 1. The number of benzene rings is 1. The van der Waals surface area contributed by atoms with E-state index in [9.17, 15) is 4.79 Å². The third kappa shape index (κ3) is 4.68. The summed E-state index contributed by atoms with van der Waals surface area (Å²) in [5, 5.41) is 6.14. The lowest BCUT2D eigenvalue weighted by molar-refractivity contribution is -0.126. The van der Waals surface area contributed by atoms with Crippen molar-refractivity contribution in [2.24, 2.45) is 5.92 Å². The number of carbonyl (C=O) groups excluding carboxylic acids is 1. The van der Waals surface area contributed by atoms with Crippen LogP contribution < -0.4 is 10.6 Å². The van der Waals surface area contributed by atoms with Gasteiger partial charge >= 0.3 is 0 Å². The first-order valence-corrected chi connectivity index (χ1v) is 7.67. The van der Waals surface area contributed by atoms with Crippen LogP contribution in [-0.2, 0) is 22.6 Å². The van der Waals surface area contributed by atoms with E-state index in [-0.39, 0.29) is 24.2 Å². The van der Waals surface area contributed by atoms with Gasteiger partial charge in [-0.05, 0) is 11.1 Å². The van der Waals surface area contributed by atoms with Crippen LogP contribution in [0.1, 0.15) is 11.1 Å². The molecule has 2 heterocycles. The second kappa shape index (κ2) is 8.48. The van der Waals surface area contributed by atoms with Crippen molar-refractivity contribution in [3.05, 3.63) is 35.4 Å². The maximum absolute atomic E-state index is 11.8. The average Bonchev–Trinajstić information content (AvgIpc) is 2.45. The molecular weight excluding hydrogens is 302 g/mol. The molecule has 122 valence electrons. The zero-order valence-corrected chi connectivity index (χ0v) is 13.5. The highest BCUT2D eigenvalue weighted by molar-refractivity contribution is 5.85. The smallest absolute Gasteiger partial charge is 0.225 e. The van der Waals surface area contributed by atoms with E-state index in [0.29, 0.717) is 6.54 Å². The molecule has 0 saturated carbocycles. The van der Waals surface area contributed by atoms with E-state index in [4.69, 9.17) is 4.74 Å². The molecule has 6 heteroatoms. The van der Waals surface area contributed by atoms with E-state index in [1.54, 1.807) is 0 Å². The van der Waals surface area contributed by atoms with Crippen molar-refractivity contribution in [3.8, 4) is 0 Å². The Balaban J connectivity index is 0.00000176. The summed E-state index contributed by atoms with van der Waals surface area (Å²) in [5.41, 5.74) is 2.47. The van der Waals surface area contributed by atoms with E-state index < -0.39 is 0 Å². The number of nitrogens with one attached hydrogen (secondary N) is 2. The second-order valence-corrected chi connectivity index (χ2v) is 5.78. The van der Waals surface area contributed by atoms with E-state index in [0.717, 1.165) is 45.9 Å². The number of halogens is 1. The number of hydrogen-bond donors (Lipinski definition) is 2. The number of carbonyl (C=O) groups is 1. The predicted molar refractivity (Wildman–Crippen MR) is 88.0 cm³/mol. The Morgan fingerprint density at radius 1 is 1.27 bits per heavy atom. The molecule has 22 heavy (non-hydrogen) atoms. The van der Waals surface area contributed by atoms with Gasteiger partial charge in [0.05, 0.1) is 19.1 Å². The van der Waals surface area contributed by atoms with Gasteiger partial charge in [-0.15, -0.1) is 12.4 Å². The first-order valence-electron chi connectivity index (χ1n) is 7.67. The van der Waals surface area contributed by atoms with Gasteiger partial charge in [0.25, 0.3) is 0 Å². The van der Waals surface area contributed by atoms with Crippen LogP contribution in [0.25, 0.3) is 0 Å². The molecule has 3 rings (SSSR count). The van der Waals surface area contributed by atoms with Crippen LogP contribution in [0.5, 0.6) is 0 Å². The molecule has 0 radical (unpaired) electrons. The summed E-state index contributed by atoms with van der Waals surface area (Å²) in [6.45, 7) is 6.83. The van der Waals surface area contributed by atoms with E-state index in [1.807, 2.05) is 0 Å². The monoisotopic (exact) mass is 325 g/mol. The van der Waals surface area contributed by atoms with Crippen molar-refractivity contribution in [2.75, 3.05) is 39.4 Å². The Morgan fingerprint density at radius 2 is 2.00 bits per heavy atom. The Bertz CT molecular complexity index is 488. The number of morpholine rings is 1. The average molecular weight is 326 g/mol. The summed E-state index contributed by atoms with van der Waals surface area (Å²) in [6.07, 6.45) is 0. The fourth-order valence-corrected chi connectivity index (χ4v) is 2.66. The first-order chi connectivity index (χ1) is 10.3. The zero-order valence-electron chi connectivity index (χ0n) is 12.7. The van der Waals surface area contributed by atoms with Crippen LogP contribution in [0.2, 0.25) is 0 Å². The molecule has 2 aliphatic rings. The van der Waals surface area contributed by atoms with Gasteiger partial charge < -0.3 is 15.4 Å². The van der Waals surface area contributed by atoms with Crippen LogP contribution in [0.3, 0.4) is 0 Å². The Morgan fingerprint density at radius 3 is 2.68 bits per heavy atom. The molecule has 0 spiro atoms. The highest BCUT2D eigenvalue weighted by Gasteiger charge is 2.24. The second-order valence-electron chi connectivity index (χ2n) is 5.78. The predicted octanol–water partition coefficient (Wildman–Crippen LogP) is 0.776. The number of hydrogen-bond acceptors (Lipinski definition) is 4. The standard InChI is InChI=1S/C16H23N3O2.ClH/c20-16(15-10-17-11-15)18-9-13-2-1-3-14(8-13)12-19-4-6-21-7-5-19;/h1-3,8,15,17H,4-7,9-12H2,(H,18,20);1H. The molecule has 2 saturated heterocycles. The van der Waals surface area contributed by atoms with Gasteiger partial charge in [-0.1, -0.05) is 24.3 Å². The largest absolute Gasteiger partial charge is 0.379 e. The lowest BCUT2D eigenvalue weighted by atomic mass is 10.0. The Labute approximate surface area is 137 Å². The minimum atomic E-state index is 0. The molecule has 2 aliphatic heterocycles. The van der Waals surface area contributed by atoms with Gasteiger partial charge in [-0.2, -0.15) is 0 Å². The molecule has 0 unspecified atom stereocenters. The molecule has 0 atom stereocenters. The molecule has 1 aromatic rings. The molecule has 1 amide bonds. The van der Waals surface area contributed by atoms with Gasteiger partial charge in [0.2, 0.25) is 5.91 Å². The minimum Gasteiger partial charge on any atom is -0.379 e. The highest BCUT2D eigenvalue weighted by Crippen LogP contribution is 2.10. The van der Waals surface area contributed by atoms with Crippen molar-refractivity contribution in [1.29, 1.82) is 0 Å². The topological polar surface area (TPSA) is 53.6 Å². The van der Waals surface area contributed by atoms with E-state index in [2.05, 4.69) is 39.8 Å². The number of nitrogens with zero attached hydrogens (tertiary/aromatic N) is 1. The summed E-state index contributed by atoms with van der Waals surface area (Å²) >= 11 is 0. The van der Waals surface area contributed by atoms with Crippen LogP contribution in [0, 0.1) is 5.92 Å². The molecule has 1 aromatic carbocycles. The van der Waals surface area contributed by atoms with E-state index in [1.165, 1.54) is 11.1 Å². The quantitative estimate of drug-likeness (QED) is 0.840. The zero-order chi connectivity index (χ0) is 14.5. The maximum atomic E-state index is 11.8. The van der Waals surface area contributed by atoms with Crippen LogP contribution in [0.4, 0.5) is 0 Å². The third-order valence-corrected chi connectivity index (χ3v) is 4.12.